The molecule has 2 heterocycles. The van der Waals surface area contributed by atoms with Gasteiger partial charge in [-0.25, -0.2) is 4.98 Å². The molecule has 0 radical (unpaired) electrons. The van der Waals surface area contributed by atoms with Gasteiger partial charge >= 0.3 is 0 Å². The largest absolute Gasteiger partial charge is 0.436 e. The summed E-state index contributed by atoms with van der Waals surface area (Å²) < 4.78 is 8.35. The summed E-state index contributed by atoms with van der Waals surface area (Å²) in [7, 11) is 0. The Morgan fingerprint density at radius 3 is 2.22 bits per heavy atom. The van der Waals surface area contributed by atoms with E-state index in [-0.39, 0.29) is 0 Å². The number of para-hydroxylation sites is 3. The van der Waals surface area contributed by atoms with Crippen LogP contribution in [-0.4, -0.2) is 9.55 Å². The number of oxazole rings is 1. The quantitative estimate of drug-likeness (QED) is 0.184. The van der Waals surface area contributed by atoms with Gasteiger partial charge in [-0.15, -0.1) is 0 Å². The summed E-state index contributed by atoms with van der Waals surface area (Å²) >= 11 is 0. The summed E-state index contributed by atoms with van der Waals surface area (Å²) in [5, 5.41) is 3.52. The molecule has 0 amide bonds. The molecule has 0 N–H and O–H groups in total. The highest BCUT2D eigenvalue weighted by Gasteiger charge is 2.14. The van der Waals surface area contributed by atoms with Crippen molar-refractivity contribution in [2.75, 3.05) is 0 Å². The molecule has 0 saturated heterocycles. The maximum atomic E-state index is 6.00. The average Bonchev–Trinajstić information content (AvgIpc) is 3.66. The first-order valence-electron chi connectivity index (χ1n) is 15.2. The van der Waals surface area contributed by atoms with Gasteiger partial charge in [-0.3, -0.25) is 0 Å². The second-order valence-corrected chi connectivity index (χ2v) is 11.4. The first kappa shape index (κ1) is 26.7. The minimum Gasteiger partial charge on any atom is -0.436 e. The summed E-state index contributed by atoms with van der Waals surface area (Å²) in [5.41, 5.74) is 11.8. The van der Waals surface area contributed by atoms with Crippen molar-refractivity contribution in [2.24, 2.45) is 0 Å². The van der Waals surface area contributed by atoms with Gasteiger partial charge in [0.15, 0.2) is 5.58 Å². The van der Waals surface area contributed by atoms with Gasteiger partial charge in [-0.2, -0.15) is 0 Å². The Bertz CT molecular complexity index is 2360. The second kappa shape index (κ2) is 11.0. The zero-order chi connectivity index (χ0) is 30.3. The lowest BCUT2D eigenvalue weighted by Crippen LogP contribution is -1.97. The van der Waals surface area contributed by atoms with Crippen LogP contribution in [0.3, 0.4) is 0 Å². The lowest BCUT2D eigenvalue weighted by Gasteiger charge is -2.11. The Kier molecular flexibility index (Phi) is 6.50. The smallest absolute Gasteiger partial charge is 0.227 e. The molecule has 0 atom stereocenters. The molecule has 0 aliphatic rings. The number of allylic oxidation sites excluding steroid dienone is 2. The first-order chi connectivity index (χ1) is 22.1. The van der Waals surface area contributed by atoms with Crippen LogP contribution in [0.4, 0.5) is 0 Å². The van der Waals surface area contributed by atoms with Crippen molar-refractivity contribution in [1.82, 2.24) is 9.55 Å². The van der Waals surface area contributed by atoms with Crippen LogP contribution in [0.25, 0.3) is 72.7 Å². The highest BCUT2D eigenvalue weighted by Crippen LogP contribution is 2.33. The first-order valence-corrected chi connectivity index (χ1v) is 15.2. The van der Waals surface area contributed by atoms with Crippen molar-refractivity contribution >= 4 is 44.4 Å². The van der Waals surface area contributed by atoms with Gasteiger partial charge in [0.05, 0.1) is 5.52 Å². The standard InChI is InChI=1S/C42H30N2O/c1-28(32-17-18-34-27-35(20-19-33(34)26-32)42-43-38-13-7-9-15-41(38)45-42)16-25-39-29(2)37-12-6-8-14-40(37)44(39)36-23-21-31(22-24-36)30-10-4-3-5-11-30/h3-27H,1H2,2H3/b25-16-. The van der Waals surface area contributed by atoms with E-state index in [0.29, 0.717) is 5.89 Å². The fourth-order valence-corrected chi connectivity index (χ4v) is 6.18. The van der Waals surface area contributed by atoms with Crippen LogP contribution in [0.15, 0.2) is 157 Å². The molecule has 6 aromatic carbocycles. The zero-order valence-electron chi connectivity index (χ0n) is 24.9. The molecule has 0 saturated carbocycles. The lowest BCUT2D eigenvalue weighted by molar-refractivity contribution is 0.620. The van der Waals surface area contributed by atoms with E-state index in [1.54, 1.807) is 0 Å². The number of hydrogen-bond acceptors (Lipinski definition) is 2. The highest BCUT2D eigenvalue weighted by molar-refractivity contribution is 5.93. The van der Waals surface area contributed by atoms with Crippen LogP contribution in [0.5, 0.6) is 0 Å². The third-order valence-electron chi connectivity index (χ3n) is 8.60. The van der Waals surface area contributed by atoms with Crippen molar-refractivity contribution in [3.05, 3.63) is 169 Å². The summed E-state index contributed by atoms with van der Waals surface area (Å²) in [6, 6.07) is 48.6. The maximum absolute atomic E-state index is 6.00. The number of aromatic nitrogens is 2. The van der Waals surface area contributed by atoms with Gasteiger partial charge in [-0.1, -0.05) is 104 Å². The van der Waals surface area contributed by atoms with Gasteiger partial charge in [-0.05, 0) is 100 Å². The molecular weight excluding hydrogens is 548 g/mol. The number of aryl methyl sites for hydroxylation is 1. The van der Waals surface area contributed by atoms with E-state index in [0.717, 1.165) is 50.0 Å². The summed E-state index contributed by atoms with van der Waals surface area (Å²) in [4.78, 5) is 4.67. The monoisotopic (exact) mass is 578 g/mol. The predicted octanol–water partition coefficient (Wildman–Crippen LogP) is 11.3. The Labute approximate surface area is 262 Å². The summed E-state index contributed by atoms with van der Waals surface area (Å²) in [6.07, 6.45) is 4.33. The van der Waals surface area contributed by atoms with Crippen LogP contribution in [0.2, 0.25) is 0 Å². The number of benzene rings is 6. The van der Waals surface area contributed by atoms with E-state index in [2.05, 4.69) is 150 Å². The molecule has 0 fully saturated rings. The minimum absolute atomic E-state index is 0.634. The fraction of sp³-hybridized carbons (Fsp3) is 0.0238. The molecule has 0 spiro atoms. The molecule has 214 valence electrons. The normalized spacial score (nSPS) is 11.7. The summed E-state index contributed by atoms with van der Waals surface area (Å²) in [6.45, 7) is 6.64. The highest BCUT2D eigenvalue weighted by atomic mass is 16.3. The van der Waals surface area contributed by atoms with Crippen molar-refractivity contribution in [1.29, 1.82) is 0 Å². The molecule has 8 aromatic rings. The van der Waals surface area contributed by atoms with Crippen molar-refractivity contribution < 1.29 is 4.42 Å². The summed E-state index contributed by atoms with van der Waals surface area (Å²) in [5.74, 6) is 0.634. The van der Waals surface area contributed by atoms with Gasteiger partial charge < -0.3 is 8.98 Å². The zero-order valence-corrected chi connectivity index (χ0v) is 24.9. The van der Waals surface area contributed by atoms with Crippen molar-refractivity contribution in [2.45, 2.75) is 6.92 Å². The fourth-order valence-electron chi connectivity index (χ4n) is 6.18. The Hall–Kier alpha value is -5.93. The molecule has 0 aliphatic heterocycles. The van der Waals surface area contributed by atoms with Crippen LogP contribution < -0.4 is 0 Å². The molecule has 0 unspecified atom stereocenters. The second-order valence-electron chi connectivity index (χ2n) is 11.4. The molecule has 0 aliphatic carbocycles. The molecule has 8 rings (SSSR count). The van der Waals surface area contributed by atoms with Crippen molar-refractivity contribution in [3.63, 3.8) is 0 Å². The lowest BCUT2D eigenvalue weighted by atomic mass is 10.00. The topological polar surface area (TPSA) is 31.0 Å². The average molecular weight is 579 g/mol. The molecule has 2 aromatic heterocycles. The Morgan fingerprint density at radius 1 is 0.689 bits per heavy atom. The van der Waals surface area contributed by atoms with E-state index >= 15 is 0 Å². The maximum Gasteiger partial charge on any atom is 0.227 e. The number of nitrogens with zero attached hydrogens (tertiary/aromatic N) is 2. The van der Waals surface area contributed by atoms with Gasteiger partial charge in [0.2, 0.25) is 5.89 Å². The van der Waals surface area contributed by atoms with Crippen molar-refractivity contribution in [3.8, 4) is 28.3 Å². The molecule has 3 nitrogen and oxygen atoms in total. The molecule has 45 heavy (non-hydrogen) atoms. The third-order valence-corrected chi connectivity index (χ3v) is 8.60. The van der Waals surface area contributed by atoms with Gasteiger partial charge in [0, 0.05) is 22.3 Å². The predicted molar refractivity (Wildman–Crippen MR) is 188 cm³/mol. The van der Waals surface area contributed by atoms with Gasteiger partial charge in [0.1, 0.15) is 5.52 Å². The Balaban J connectivity index is 1.11. The SMILES string of the molecule is C=C(/C=C\c1c(C)c2ccccc2n1-c1ccc(-c2ccccc2)cc1)c1ccc2cc(-c3nc4ccccc4o3)ccc2c1. The van der Waals surface area contributed by atoms with E-state index in [9.17, 15) is 0 Å². The number of hydrogen-bond donors (Lipinski definition) is 0. The van der Waals surface area contributed by atoms with E-state index in [1.807, 2.05) is 24.3 Å². The third kappa shape index (κ3) is 4.85. The minimum atomic E-state index is 0.634. The van der Waals surface area contributed by atoms with E-state index in [4.69, 9.17) is 4.42 Å². The molecule has 0 bridgehead atoms. The molecule has 3 heteroatoms. The van der Waals surface area contributed by atoms with Crippen LogP contribution >= 0.6 is 0 Å². The van der Waals surface area contributed by atoms with E-state index in [1.165, 1.54) is 27.6 Å². The van der Waals surface area contributed by atoms with Crippen LogP contribution in [-0.2, 0) is 0 Å². The number of rotatable bonds is 6. The Morgan fingerprint density at radius 2 is 1.38 bits per heavy atom. The van der Waals surface area contributed by atoms with Crippen LogP contribution in [0.1, 0.15) is 16.8 Å². The molecular formula is C42H30N2O. The number of fused-ring (bicyclic) bond motifs is 3. The van der Waals surface area contributed by atoms with Crippen LogP contribution in [0, 0.1) is 6.92 Å². The van der Waals surface area contributed by atoms with Gasteiger partial charge in [0.25, 0.3) is 0 Å². The van der Waals surface area contributed by atoms with E-state index < -0.39 is 0 Å².